The van der Waals surface area contributed by atoms with Crippen LogP contribution in [0.2, 0.25) is 0 Å². The number of aliphatic hydroxyl groups is 1. The van der Waals surface area contributed by atoms with Crippen molar-refractivity contribution in [2.24, 2.45) is 5.41 Å². The van der Waals surface area contributed by atoms with Crippen LogP contribution >= 0.6 is 0 Å². The third kappa shape index (κ3) is 4.46. The zero-order chi connectivity index (χ0) is 25.0. The third-order valence-electron chi connectivity index (χ3n) is 7.65. The molecular weight excluding hydrogens is 470 g/mol. The van der Waals surface area contributed by atoms with Crippen LogP contribution in [0, 0.1) is 12.3 Å². The van der Waals surface area contributed by atoms with Crippen LogP contribution in [0.1, 0.15) is 52.4 Å². The number of hydrogen-bond acceptors (Lipinski definition) is 8. The molecule has 0 saturated carbocycles. The number of aliphatic hydroxyl groups excluding tert-OH is 1. The van der Waals surface area contributed by atoms with Gasteiger partial charge in [-0.2, -0.15) is 0 Å². The molecule has 35 heavy (non-hydrogen) atoms. The van der Waals surface area contributed by atoms with E-state index in [2.05, 4.69) is 9.88 Å². The van der Waals surface area contributed by atoms with Crippen molar-refractivity contribution in [2.75, 3.05) is 37.3 Å². The number of piperidine rings is 1. The number of carbonyl (C=O) groups is 2. The number of cyclic esters (lactones) is 1. The molecule has 2 fully saturated rings. The van der Waals surface area contributed by atoms with Crippen LogP contribution in [-0.4, -0.2) is 67.7 Å². The number of benzene rings is 1. The van der Waals surface area contributed by atoms with Crippen LogP contribution in [0.25, 0.3) is 0 Å². The number of anilines is 1. The minimum atomic E-state index is -3.39. The molecule has 0 radical (unpaired) electrons. The first-order chi connectivity index (χ1) is 16.6. The van der Waals surface area contributed by atoms with Gasteiger partial charge < -0.3 is 19.6 Å². The Kier molecular flexibility index (Phi) is 5.93. The Morgan fingerprint density at radius 3 is 2.57 bits per heavy atom. The van der Waals surface area contributed by atoms with Crippen molar-refractivity contribution < 1.29 is 27.9 Å². The van der Waals surface area contributed by atoms with Crippen LogP contribution < -0.4 is 4.90 Å². The van der Waals surface area contributed by atoms with E-state index in [1.807, 2.05) is 13.0 Å². The van der Waals surface area contributed by atoms with Crippen molar-refractivity contribution >= 4 is 27.4 Å². The second-order valence-electron chi connectivity index (χ2n) is 9.98. The summed E-state index contributed by atoms with van der Waals surface area (Å²) >= 11 is 0. The van der Waals surface area contributed by atoms with Gasteiger partial charge in [0.25, 0.3) is 0 Å². The lowest BCUT2D eigenvalue weighted by molar-refractivity contribution is -0.118. The van der Waals surface area contributed by atoms with Crippen molar-refractivity contribution in [3.63, 3.8) is 0 Å². The summed E-state index contributed by atoms with van der Waals surface area (Å²) < 4.78 is 28.5. The maximum Gasteiger partial charge on any atom is 0.338 e. The summed E-state index contributed by atoms with van der Waals surface area (Å²) in [5, 5.41) is 10.9. The average molecular weight is 500 g/mol. The van der Waals surface area contributed by atoms with E-state index in [4.69, 9.17) is 4.74 Å². The molecule has 3 aliphatic heterocycles. The standard InChI is InChI=1S/C25H29N3O6S/c1-16-18(4-5-19-20(16)14-34-24(19)31)21(29)13-27-9-7-25(8-10-27)11-23(30)28(15-25)17-3-6-22(26-12-17)35(2,32)33/h3-6,12,21,29H,7-11,13-15H2,1-2H3. The number of rotatable bonds is 5. The molecule has 186 valence electrons. The Bertz CT molecular complexity index is 1280. The smallest absolute Gasteiger partial charge is 0.338 e. The molecule has 4 heterocycles. The number of likely N-dealkylation sites (tertiary alicyclic amines) is 1. The Morgan fingerprint density at radius 1 is 1.17 bits per heavy atom. The summed E-state index contributed by atoms with van der Waals surface area (Å²) in [5.74, 6) is -0.286. The van der Waals surface area contributed by atoms with Gasteiger partial charge in [0.15, 0.2) is 14.9 Å². The van der Waals surface area contributed by atoms with E-state index in [-0.39, 0.29) is 28.9 Å². The minimum Gasteiger partial charge on any atom is -0.457 e. The number of amides is 1. The molecule has 0 bridgehead atoms. The Labute approximate surface area is 204 Å². The van der Waals surface area contributed by atoms with E-state index in [9.17, 15) is 23.1 Å². The maximum atomic E-state index is 12.8. The van der Waals surface area contributed by atoms with Gasteiger partial charge >= 0.3 is 5.97 Å². The molecule has 5 rings (SSSR count). The number of ether oxygens (including phenoxy) is 1. The van der Waals surface area contributed by atoms with Gasteiger partial charge in [-0.3, -0.25) is 4.79 Å². The molecule has 2 aromatic rings. The number of nitrogens with zero attached hydrogens (tertiary/aromatic N) is 3. The highest BCUT2D eigenvalue weighted by Gasteiger charge is 2.45. The van der Waals surface area contributed by atoms with Gasteiger partial charge in [-0.15, -0.1) is 0 Å². The number of pyridine rings is 1. The highest BCUT2D eigenvalue weighted by Crippen LogP contribution is 2.43. The van der Waals surface area contributed by atoms with E-state index >= 15 is 0 Å². The summed E-state index contributed by atoms with van der Waals surface area (Å²) in [6, 6.07) is 6.63. The molecule has 3 aliphatic rings. The first kappa shape index (κ1) is 23.9. The Hall–Kier alpha value is -2.82. The molecule has 1 aromatic carbocycles. The van der Waals surface area contributed by atoms with Crippen LogP contribution in [-0.2, 0) is 26.0 Å². The number of aromatic nitrogens is 1. The summed E-state index contributed by atoms with van der Waals surface area (Å²) in [5.41, 5.74) is 3.64. The van der Waals surface area contributed by atoms with Gasteiger partial charge in [0.1, 0.15) is 6.61 Å². The lowest BCUT2D eigenvalue weighted by atomic mass is 9.77. The molecule has 1 N–H and O–H groups in total. The van der Waals surface area contributed by atoms with Crippen LogP contribution in [0.5, 0.6) is 0 Å². The topological polar surface area (TPSA) is 117 Å². The van der Waals surface area contributed by atoms with Crippen molar-refractivity contribution in [1.29, 1.82) is 0 Å². The molecule has 9 nitrogen and oxygen atoms in total. The van der Waals surface area contributed by atoms with Gasteiger partial charge in [-0.1, -0.05) is 6.07 Å². The van der Waals surface area contributed by atoms with Gasteiger partial charge in [0, 0.05) is 31.3 Å². The normalized spacial score (nSPS) is 20.8. The Balaban J connectivity index is 1.21. The Morgan fingerprint density at radius 2 is 1.91 bits per heavy atom. The summed E-state index contributed by atoms with van der Waals surface area (Å²) in [4.78, 5) is 32.6. The SMILES string of the molecule is Cc1c(C(O)CN2CCC3(CC2)CC(=O)N(c2ccc(S(C)(=O)=O)nc2)C3)ccc2c1COC2=O. The fourth-order valence-electron chi connectivity index (χ4n) is 5.50. The molecular formula is C25H29N3O6S. The van der Waals surface area contributed by atoms with Gasteiger partial charge in [-0.25, -0.2) is 18.2 Å². The largest absolute Gasteiger partial charge is 0.457 e. The lowest BCUT2D eigenvalue weighted by Gasteiger charge is -2.39. The van der Waals surface area contributed by atoms with Crippen molar-refractivity contribution in [3.05, 3.63) is 52.7 Å². The molecule has 1 spiro atoms. The molecule has 0 aliphatic carbocycles. The fraction of sp³-hybridized carbons (Fsp3) is 0.480. The van der Waals surface area contributed by atoms with Gasteiger partial charge in [0.2, 0.25) is 5.91 Å². The number of fused-ring (bicyclic) bond motifs is 1. The fourth-order valence-corrected chi connectivity index (χ4v) is 6.06. The molecule has 1 aromatic heterocycles. The van der Waals surface area contributed by atoms with Crippen LogP contribution in [0.15, 0.2) is 35.5 Å². The number of esters is 1. The van der Waals surface area contributed by atoms with E-state index in [1.54, 1.807) is 17.0 Å². The number of β-amino-alcohol motifs (C(OH)–C–C–N with tert-alkyl or cyclic N) is 1. The quantitative estimate of drug-likeness (QED) is 0.621. The second kappa shape index (κ2) is 8.69. The second-order valence-corrected chi connectivity index (χ2v) is 11.9. The van der Waals surface area contributed by atoms with Crippen LogP contribution in [0.4, 0.5) is 5.69 Å². The number of sulfone groups is 1. The highest BCUT2D eigenvalue weighted by molar-refractivity contribution is 7.90. The first-order valence-electron chi connectivity index (χ1n) is 11.7. The number of hydrogen-bond donors (Lipinski definition) is 1. The molecule has 1 amide bonds. The average Bonchev–Trinajstić information content (AvgIpc) is 3.35. The van der Waals surface area contributed by atoms with Crippen molar-refractivity contribution in [2.45, 2.75) is 43.9 Å². The maximum absolute atomic E-state index is 12.8. The lowest BCUT2D eigenvalue weighted by Crippen LogP contribution is -2.43. The molecule has 1 atom stereocenters. The van der Waals surface area contributed by atoms with E-state index in [0.717, 1.165) is 48.9 Å². The van der Waals surface area contributed by atoms with E-state index in [0.29, 0.717) is 30.8 Å². The first-order valence-corrected chi connectivity index (χ1v) is 13.6. The highest BCUT2D eigenvalue weighted by atomic mass is 32.2. The van der Waals surface area contributed by atoms with Gasteiger partial charge in [-0.05, 0) is 67.6 Å². The van der Waals surface area contributed by atoms with Crippen LogP contribution in [0.3, 0.4) is 0 Å². The van der Waals surface area contributed by atoms with E-state index < -0.39 is 15.9 Å². The minimum absolute atomic E-state index is 0.00721. The zero-order valence-corrected chi connectivity index (χ0v) is 20.7. The zero-order valence-electron chi connectivity index (χ0n) is 19.9. The molecule has 1 unspecified atom stereocenters. The summed E-state index contributed by atoms with van der Waals surface area (Å²) in [6.45, 7) is 4.79. The molecule has 2 saturated heterocycles. The van der Waals surface area contributed by atoms with E-state index in [1.165, 1.54) is 12.3 Å². The van der Waals surface area contributed by atoms with Crippen molar-refractivity contribution in [1.82, 2.24) is 9.88 Å². The monoisotopic (exact) mass is 499 g/mol. The van der Waals surface area contributed by atoms with Gasteiger partial charge in [0.05, 0.1) is 23.6 Å². The number of carbonyl (C=O) groups excluding carboxylic acids is 2. The predicted octanol–water partition coefficient (Wildman–Crippen LogP) is 2.02. The molecule has 10 heteroatoms. The predicted molar refractivity (Wildman–Crippen MR) is 128 cm³/mol. The summed E-state index contributed by atoms with van der Waals surface area (Å²) in [7, 11) is -3.39. The summed E-state index contributed by atoms with van der Waals surface area (Å²) in [6.07, 6.45) is 4.01. The third-order valence-corrected chi connectivity index (χ3v) is 8.65. The van der Waals surface area contributed by atoms with Crippen molar-refractivity contribution in [3.8, 4) is 0 Å².